The van der Waals surface area contributed by atoms with E-state index < -0.39 is 18.0 Å². The van der Waals surface area contributed by atoms with Gasteiger partial charge in [-0.15, -0.1) is 0 Å². The minimum Gasteiger partial charge on any atom is -0.465 e. The van der Waals surface area contributed by atoms with Crippen molar-refractivity contribution >= 4 is 18.0 Å². The summed E-state index contributed by atoms with van der Waals surface area (Å²) in [7, 11) is 2.42. The Kier molecular flexibility index (Phi) is 4.21. The van der Waals surface area contributed by atoms with Gasteiger partial charge in [-0.2, -0.15) is 0 Å². The van der Waals surface area contributed by atoms with Crippen molar-refractivity contribution in [3.05, 3.63) is 35.4 Å². The monoisotopic (exact) mass is 237 g/mol. The number of hydrogen-bond acceptors (Lipinski definition) is 5. The number of methoxy groups -OCH3 is 2. The molecule has 1 aromatic rings. The molecule has 0 aliphatic carbocycles. The molecule has 0 radical (unpaired) electrons. The van der Waals surface area contributed by atoms with Crippen LogP contribution in [0.25, 0.3) is 0 Å². The van der Waals surface area contributed by atoms with Gasteiger partial charge in [0.25, 0.3) is 5.91 Å². The van der Waals surface area contributed by atoms with Crippen LogP contribution in [0.1, 0.15) is 20.7 Å². The summed E-state index contributed by atoms with van der Waals surface area (Å²) in [6.45, 7) is 0. The van der Waals surface area contributed by atoms with Crippen LogP contribution in [0.15, 0.2) is 24.3 Å². The SMILES string of the molecule is COC(=O)NC(=O)c1ccc(C(=O)OC)cc1. The van der Waals surface area contributed by atoms with Gasteiger partial charge in [-0.3, -0.25) is 10.1 Å². The summed E-state index contributed by atoms with van der Waals surface area (Å²) in [4.78, 5) is 33.3. The first kappa shape index (κ1) is 12.7. The van der Waals surface area contributed by atoms with Crippen LogP contribution in [-0.2, 0) is 9.47 Å². The summed E-state index contributed by atoms with van der Waals surface area (Å²) < 4.78 is 8.78. The van der Waals surface area contributed by atoms with Crippen LogP contribution in [-0.4, -0.2) is 32.2 Å². The molecule has 1 aromatic carbocycles. The molecule has 90 valence electrons. The van der Waals surface area contributed by atoms with E-state index in [1.54, 1.807) is 0 Å². The van der Waals surface area contributed by atoms with Crippen LogP contribution in [0.4, 0.5) is 4.79 Å². The summed E-state index contributed by atoms with van der Waals surface area (Å²) in [5.41, 5.74) is 0.560. The number of alkyl carbamates (subject to hydrolysis) is 1. The molecule has 0 bridgehead atoms. The van der Waals surface area contributed by atoms with Gasteiger partial charge in [0.05, 0.1) is 19.8 Å². The molecular formula is C11H11NO5. The maximum atomic E-state index is 11.4. The van der Waals surface area contributed by atoms with Crippen molar-refractivity contribution in [1.82, 2.24) is 5.32 Å². The van der Waals surface area contributed by atoms with Crippen molar-refractivity contribution < 1.29 is 23.9 Å². The van der Waals surface area contributed by atoms with Crippen molar-refractivity contribution in [2.24, 2.45) is 0 Å². The maximum Gasteiger partial charge on any atom is 0.413 e. The molecule has 0 aliphatic rings. The second-order valence-corrected chi connectivity index (χ2v) is 3.01. The first-order valence-electron chi connectivity index (χ1n) is 4.66. The van der Waals surface area contributed by atoms with Gasteiger partial charge in [0.15, 0.2) is 0 Å². The minimum atomic E-state index is -0.841. The predicted octanol–water partition coefficient (Wildman–Crippen LogP) is 0.969. The standard InChI is InChI=1S/C11H11NO5/c1-16-10(14)8-5-3-7(4-6-8)9(13)12-11(15)17-2/h3-6H,1-2H3,(H,12,13,15). The van der Waals surface area contributed by atoms with Gasteiger partial charge in [0.1, 0.15) is 0 Å². The largest absolute Gasteiger partial charge is 0.465 e. The van der Waals surface area contributed by atoms with Gasteiger partial charge in [0.2, 0.25) is 0 Å². The van der Waals surface area contributed by atoms with Crippen molar-refractivity contribution in [2.45, 2.75) is 0 Å². The lowest BCUT2D eigenvalue weighted by Crippen LogP contribution is -2.30. The number of benzene rings is 1. The average molecular weight is 237 g/mol. The topological polar surface area (TPSA) is 81.7 Å². The normalized spacial score (nSPS) is 9.29. The zero-order valence-electron chi connectivity index (χ0n) is 9.35. The van der Waals surface area contributed by atoms with Gasteiger partial charge in [0, 0.05) is 5.56 Å². The number of nitrogens with one attached hydrogen (secondary N) is 1. The lowest BCUT2D eigenvalue weighted by molar-refractivity contribution is 0.0600. The average Bonchev–Trinajstić information content (AvgIpc) is 2.37. The molecule has 1 rings (SSSR count). The Balaban J connectivity index is 2.77. The number of imide groups is 1. The highest BCUT2D eigenvalue weighted by Crippen LogP contribution is 2.05. The molecule has 1 N–H and O–H groups in total. The number of carbonyl (C=O) groups is 3. The molecule has 0 atom stereocenters. The maximum absolute atomic E-state index is 11.4. The molecule has 0 heterocycles. The van der Waals surface area contributed by atoms with E-state index in [4.69, 9.17) is 0 Å². The molecule has 0 aromatic heterocycles. The Bertz CT molecular complexity index is 438. The van der Waals surface area contributed by atoms with Gasteiger partial charge in [-0.05, 0) is 24.3 Å². The van der Waals surface area contributed by atoms with Crippen molar-refractivity contribution in [2.75, 3.05) is 14.2 Å². The van der Waals surface area contributed by atoms with E-state index >= 15 is 0 Å². The van der Waals surface area contributed by atoms with Gasteiger partial charge < -0.3 is 9.47 Å². The second kappa shape index (κ2) is 5.64. The lowest BCUT2D eigenvalue weighted by atomic mass is 10.1. The number of ether oxygens (including phenoxy) is 2. The van der Waals surface area contributed by atoms with E-state index in [0.29, 0.717) is 5.56 Å². The van der Waals surface area contributed by atoms with E-state index in [1.807, 2.05) is 5.32 Å². The Morgan fingerprint density at radius 3 is 1.94 bits per heavy atom. The minimum absolute atomic E-state index is 0.239. The molecule has 2 amide bonds. The number of amides is 2. The summed E-state index contributed by atoms with van der Waals surface area (Å²) in [6.07, 6.45) is -0.841. The van der Waals surface area contributed by atoms with Crippen LogP contribution < -0.4 is 5.32 Å². The number of carbonyl (C=O) groups excluding carboxylic acids is 3. The molecule has 0 fully saturated rings. The Hall–Kier alpha value is -2.37. The highest BCUT2D eigenvalue weighted by atomic mass is 16.5. The van der Waals surface area contributed by atoms with E-state index in [1.165, 1.54) is 31.4 Å². The molecule has 0 aliphatic heterocycles. The highest BCUT2D eigenvalue weighted by Gasteiger charge is 2.11. The van der Waals surface area contributed by atoms with Gasteiger partial charge in [-0.25, -0.2) is 9.59 Å². The third kappa shape index (κ3) is 3.30. The number of hydrogen-bond donors (Lipinski definition) is 1. The first-order valence-corrected chi connectivity index (χ1v) is 4.66. The first-order chi connectivity index (χ1) is 8.08. The van der Waals surface area contributed by atoms with Gasteiger partial charge in [-0.1, -0.05) is 0 Å². The molecule has 0 unspecified atom stereocenters. The molecule has 6 heteroatoms. The van der Waals surface area contributed by atoms with Crippen LogP contribution in [0.3, 0.4) is 0 Å². The summed E-state index contributed by atoms with van der Waals surface area (Å²) in [5, 5.41) is 1.99. The van der Waals surface area contributed by atoms with Crippen LogP contribution in [0, 0.1) is 0 Å². The lowest BCUT2D eigenvalue weighted by Gasteiger charge is -2.03. The summed E-state index contributed by atoms with van der Waals surface area (Å²) in [6, 6.07) is 5.67. The smallest absolute Gasteiger partial charge is 0.413 e. The van der Waals surface area contributed by atoms with Crippen LogP contribution in [0.2, 0.25) is 0 Å². The Morgan fingerprint density at radius 2 is 1.47 bits per heavy atom. The van der Waals surface area contributed by atoms with Gasteiger partial charge >= 0.3 is 12.1 Å². The number of esters is 1. The zero-order chi connectivity index (χ0) is 12.8. The van der Waals surface area contributed by atoms with Crippen molar-refractivity contribution in [3.63, 3.8) is 0 Å². The molecule has 17 heavy (non-hydrogen) atoms. The predicted molar refractivity (Wildman–Crippen MR) is 57.7 cm³/mol. The fraction of sp³-hybridized carbons (Fsp3) is 0.182. The molecule has 0 saturated carbocycles. The quantitative estimate of drug-likeness (QED) is 0.775. The van der Waals surface area contributed by atoms with E-state index in [-0.39, 0.29) is 5.56 Å². The molecule has 0 saturated heterocycles. The molecule has 0 spiro atoms. The van der Waals surface area contributed by atoms with E-state index in [0.717, 1.165) is 7.11 Å². The number of rotatable bonds is 2. The fourth-order valence-corrected chi connectivity index (χ4v) is 1.09. The summed E-state index contributed by atoms with van der Waals surface area (Å²) in [5.74, 6) is -1.10. The third-order valence-electron chi connectivity index (χ3n) is 1.97. The Morgan fingerprint density at radius 1 is 0.941 bits per heavy atom. The molecule has 6 nitrogen and oxygen atoms in total. The van der Waals surface area contributed by atoms with Crippen molar-refractivity contribution in [3.8, 4) is 0 Å². The molecular weight excluding hydrogens is 226 g/mol. The van der Waals surface area contributed by atoms with E-state index in [2.05, 4.69) is 9.47 Å². The van der Waals surface area contributed by atoms with Crippen LogP contribution in [0.5, 0.6) is 0 Å². The Labute approximate surface area is 97.5 Å². The summed E-state index contributed by atoms with van der Waals surface area (Å²) >= 11 is 0. The third-order valence-corrected chi connectivity index (χ3v) is 1.97. The highest BCUT2D eigenvalue weighted by molar-refractivity contribution is 6.03. The van der Waals surface area contributed by atoms with Crippen LogP contribution >= 0.6 is 0 Å². The zero-order valence-corrected chi connectivity index (χ0v) is 9.35. The van der Waals surface area contributed by atoms with E-state index in [9.17, 15) is 14.4 Å². The fourth-order valence-electron chi connectivity index (χ4n) is 1.09. The second-order valence-electron chi connectivity index (χ2n) is 3.01. The van der Waals surface area contributed by atoms with Crippen molar-refractivity contribution in [1.29, 1.82) is 0 Å².